The predicted octanol–water partition coefficient (Wildman–Crippen LogP) is 3.40. The number of anilines is 2. The number of rotatable bonds is 6. The minimum Gasteiger partial charge on any atom is -0.373 e. The Morgan fingerprint density at radius 1 is 1.00 bits per heavy atom. The second kappa shape index (κ2) is 8.74. The molecule has 4 aromatic rings. The lowest BCUT2D eigenvalue weighted by Crippen LogP contribution is -2.39. The second-order valence-electron chi connectivity index (χ2n) is 7.18. The number of hydrogen-bond acceptors (Lipinski definition) is 6. The van der Waals surface area contributed by atoms with Crippen molar-refractivity contribution in [3.05, 3.63) is 73.1 Å². The average molecular weight is 413 g/mol. The molecule has 0 bridgehead atoms. The second-order valence-corrected chi connectivity index (χ2v) is 7.18. The number of carbonyl (C=O) groups excluding carboxylic acids is 1. The Morgan fingerprint density at radius 2 is 1.77 bits per heavy atom. The first-order valence-electron chi connectivity index (χ1n) is 9.90. The minimum absolute atomic E-state index is 0.127. The maximum atomic E-state index is 12.9. The minimum atomic E-state index is -0.468. The van der Waals surface area contributed by atoms with Crippen LogP contribution >= 0.6 is 0 Å². The number of carbonyl (C=O) groups is 1. The largest absolute Gasteiger partial charge is 0.373 e. The Hall–Kier alpha value is -4.07. The fourth-order valence-corrected chi connectivity index (χ4v) is 3.24. The van der Waals surface area contributed by atoms with Gasteiger partial charge in [-0.05, 0) is 37.3 Å². The highest BCUT2D eigenvalue weighted by molar-refractivity contribution is 5.97. The van der Waals surface area contributed by atoms with Gasteiger partial charge in [0.15, 0.2) is 5.82 Å². The van der Waals surface area contributed by atoms with E-state index < -0.39 is 6.04 Å². The molecule has 1 aromatic carbocycles. The van der Waals surface area contributed by atoms with Crippen LogP contribution in [0.15, 0.2) is 73.1 Å². The summed E-state index contributed by atoms with van der Waals surface area (Å²) in [6.07, 6.45) is 3.44. The molecule has 0 unspecified atom stereocenters. The molecule has 0 radical (unpaired) electrons. The van der Waals surface area contributed by atoms with Crippen molar-refractivity contribution in [3.63, 3.8) is 0 Å². The van der Waals surface area contributed by atoms with Crippen molar-refractivity contribution >= 4 is 17.4 Å². The Labute approximate surface area is 180 Å². The number of hydrogen-bond donors (Lipinski definition) is 1. The van der Waals surface area contributed by atoms with E-state index in [4.69, 9.17) is 0 Å². The van der Waals surface area contributed by atoms with E-state index >= 15 is 0 Å². The molecular weight excluding hydrogens is 390 g/mol. The summed E-state index contributed by atoms with van der Waals surface area (Å²) < 4.78 is 1.76. The van der Waals surface area contributed by atoms with Gasteiger partial charge in [0.2, 0.25) is 5.91 Å². The monoisotopic (exact) mass is 413 g/mol. The first-order chi connectivity index (χ1) is 15.0. The van der Waals surface area contributed by atoms with Gasteiger partial charge in [0.05, 0.1) is 29.0 Å². The van der Waals surface area contributed by atoms with E-state index in [2.05, 4.69) is 25.6 Å². The third-order valence-corrected chi connectivity index (χ3v) is 4.99. The lowest BCUT2D eigenvalue weighted by atomic mass is 10.1. The SMILES string of the molecule is C[C@@H](Nc1ccc(-c2ccnn2C)nc1)C(=O)N(C)c1ccc(-c2ccccc2)nn1. The van der Waals surface area contributed by atoms with E-state index in [0.29, 0.717) is 5.82 Å². The Bertz CT molecular complexity index is 1150. The molecule has 0 saturated carbocycles. The highest BCUT2D eigenvalue weighted by Crippen LogP contribution is 2.20. The number of pyridine rings is 1. The summed E-state index contributed by atoms with van der Waals surface area (Å²) in [6.45, 7) is 1.81. The quantitative estimate of drug-likeness (QED) is 0.521. The average Bonchev–Trinajstić information content (AvgIpc) is 3.25. The number of benzene rings is 1. The molecule has 4 rings (SSSR count). The fraction of sp³-hybridized carbons (Fsp3) is 0.174. The Kier molecular flexibility index (Phi) is 5.70. The van der Waals surface area contributed by atoms with Crippen LogP contribution in [0.5, 0.6) is 0 Å². The molecule has 0 aliphatic rings. The van der Waals surface area contributed by atoms with Gasteiger partial charge in [-0.25, -0.2) is 0 Å². The number of likely N-dealkylation sites (N-methyl/N-ethyl adjacent to an activating group) is 1. The van der Waals surface area contributed by atoms with Crippen molar-refractivity contribution in [1.82, 2.24) is 25.0 Å². The molecule has 0 aliphatic heterocycles. The van der Waals surface area contributed by atoms with Crippen LogP contribution in [0.1, 0.15) is 6.92 Å². The summed E-state index contributed by atoms with van der Waals surface area (Å²) in [7, 11) is 3.56. The number of aromatic nitrogens is 5. The highest BCUT2D eigenvalue weighted by atomic mass is 16.2. The number of amides is 1. The van der Waals surface area contributed by atoms with E-state index in [-0.39, 0.29) is 5.91 Å². The first-order valence-corrected chi connectivity index (χ1v) is 9.90. The van der Waals surface area contributed by atoms with Crippen molar-refractivity contribution in [3.8, 4) is 22.6 Å². The summed E-state index contributed by atoms with van der Waals surface area (Å²) >= 11 is 0. The van der Waals surface area contributed by atoms with Gasteiger partial charge in [0, 0.05) is 25.9 Å². The number of nitrogens with zero attached hydrogens (tertiary/aromatic N) is 6. The van der Waals surface area contributed by atoms with E-state index in [9.17, 15) is 4.79 Å². The van der Waals surface area contributed by atoms with Crippen molar-refractivity contribution in [2.45, 2.75) is 13.0 Å². The maximum absolute atomic E-state index is 12.9. The molecule has 1 atom stereocenters. The molecule has 0 spiro atoms. The molecular formula is C23H23N7O. The van der Waals surface area contributed by atoms with Gasteiger partial charge in [-0.2, -0.15) is 5.10 Å². The molecule has 31 heavy (non-hydrogen) atoms. The van der Waals surface area contributed by atoms with Gasteiger partial charge in [0.25, 0.3) is 0 Å². The van der Waals surface area contributed by atoms with Crippen LogP contribution in [0.3, 0.4) is 0 Å². The molecule has 0 saturated heterocycles. The molecule has 1 amide bonds. The van der Waals surface area contributed by atoms with E-state index in [1.165, 1.54) is 4.90 Å². The van der Waals surface area contributed by atoms with Crippen LogP contribution in [-0.4, -0.2) is 44.0 Å². The van der Waals surface area contributed by atoms with Gasteiger partial charge in [0.1, 0.15) is 6.04 Å². The topological polar surface area (TPSA) is 88.8 Å². The van der Waals surface area contributed by atoms with Crippen molar-refractivity contribution in [2.24, 2.45) is 7.05 Å². The van der Waals surface area contributed by atoms with E-state index in [1.807, 2.05) is 61.6 Å². The summed E-state index contributed by atoms with van der Waals surface area (Å²) in [5.74, 6) is 0.362. The standard InChI is InChI=1S/C23H23N7O/c1-16(26-18-9-10-20(24-15-18)21-13-14-25-30(21)3)23(31)29(2)22-12-11-19(27-28-22)17-7-5-4-6-8-17/h4-16,26H,1-3H3/t16-/m1/s1. The molecule has 156 valence electrons. The van der Waals surface area contributed by atoms with Crippen LogP contribution in [0.25, 0.3) is 22.6 Å². The molecule has 0 fully saturated rings. The van der Waals surface area contributed by atoms with Crippen LogP contribution < -0.4 is 10.2 Å². The number of aryl methyl sites for hydroxylation is 1. The Balaban J connectivity index is 1.41. The highest BCUT2D eigenvalue weighted by Gasteiger charge is 2.20. The van der Waals surface area contributed by atoms with Crippen LogP contribution in [-0.2, 0) is 11.8 Å². The lowest BCUT2D eigenvalue weighted by molar-refractivity contribution is -0.118. The zero-order valence-corrected chi connectivity index (χ0v) is 17.6. The molecule has 3 aromatic heterocycles. The zero-order valence-electron chi connectivity index (χ0n) is 17.6. The Morgan fingerprint density at radius 3 is 2.39 bits per heavy atom. The summed E-state index contributed by atoms with van der Waals surface area (Å²) in [5.41, 5.74) is 4.23. The predicted molar refractivity (Wildman–Crippen MR) is 120 cm³/mol. The summed E-state index contributed by atoms with van der Waals surface area (Å²) in [5, 5.41) is 15.8. The van der Waals surface area contributed by atoms with Crippen molar-refractivity contribution < 1.29 is 4.79 Å². The molecule has 8 heteroatoms. The fourth-order valence-electron chi connectivity index (χ4n) is 3.24. The van der Waals surface area contributed by atoms with Crippen molar-refractivity contribution in [1.29, 1.82) is 0 Å². The van der Waals surface area contributed by atoms with Crippen molar-refractivity contribution in [2.75, 3.05) is 17.3 Å². The first kappa shape index (κ1) is 20.2. The van der Waals surface area contributed by atoms with Gasteiger partial charge >= 0.3 is 0 Å². The normalized spacial score (nSPS) is 11.7. The van der Waals surface area contributed by atoms with Crippen LogP contribution in [0.4, 0.5) is 11.5 Å². The smallest absolute Gasteiger partial charge is 0.250 e. The lowest BCUT2D eigenvalue weighted by Gasteiger charge is -2.21. The van der Waals surface area contributed by atoms with Crippen LogP contribution in [0, 0.1) is 0 Å². The van der Waals surface area contributed by atoms with Gasteiger partial charge in [-0.15, -0.1) is 10.2 Å². The molecule has 3 heterocycles. The zero-order chi connectivity index (χ0) is 21.8. The third-order valence-electron chi connectivity index (χ3n) is 4.99. The third kappa shape index (κ3) is 4.42. The van der Waals surface area contributed by atoms with E-state index in [0.717, 1.165) is 28.3 Å². The molecule has 0 aliphatic carbocycles. The molecule has 8 nitrogen and oxygen atoms in total. The van der Waals surface area contributed by atoms with Gasteiger partial charge in [-0.3, -0.25) is 19.4 Å². The van der Waals surface area contributed by atoms with Gasteiger partial charge < -0.3 is 5.32 Å². The van der Waals surface area contributed by atoms with E-state index in [1.54, 1.807) is 37.1 Å². The summed E-state index contributed by atoms with van der Waals surface area (Å²) in [4.78, 5) is 18.8. The van der Waals surface area contributed by atoms with Gasteiger partial charge in [-0.1, -0.05) is 30.3 Å². The summed E-state index contributed by atoms with van der Waals surface area (Å²) in [6, 6.07) is 18.7. The van der Waals surface area contributed by atoms with Crippen LogP contribution in [0.2, 0.25) is 0 Å². The molecule has 1 N–H and O–H groups in total. The number of nitrogens with one attached hydrogen (secondary N) is 1. The maximum Gasteiger partial charge on any atom is 0.250 e.